The van der Waals surface area contributed by atoms with Gasteiger partial charge in [-0.25, -0.2) is 4.98 Å². The third kappa shape index (κ3) is 3.67. The number of rotatable bonds is 5. The number of phenolic OH excluding ortho intramolecular Hbond substituents is 1. The van der Waals surface area contributed by atoms with Crippen molar-refractivity contribution in [2.45, 2.75) is 32.9 Å². The van der Waals surface area contributed by atoms with E-state index < -0.39 is 0 Å². The minimum atomic E-state index is 0.338. The van der Waals surface area contributed by atoms with E-state index in [1.165, 1.54) is 0 Å². The summed E-state index contributed by atoms with van der Waals surface area (Å²) in [7, 11) is 0. The number of anilines is 1. The maximum absolute atomic E-state index is 9.63. The molecule has 0 radical (unpaired) electrons. The van der Waals surface area contributed by atoms with Crippen molar-refractivity contribution in [3.05, 3.63) is 42.5 Å². The molecule has 1 fully saturated rings. The molecule has 0 bridgehead atoms. The van der Waals surface area contributed by atoms with Crippen molar-refractivity contribution in [1.82, 2.24) is 14.5 Å². The molecule has 3 rings (SSSR count). The summed E-state index contributed by atoms with van der Waals surface area (Å²) in [5, 5.41) is 9.63. The first-order valence-electron chi connectivity index (χ1n) is 8.45. The van der Waals surface area contributed by atoms with E-state index in [9.17, 15) is 5.11 Å². The topological polar surface area (TPSA) is 44.5 Å². The molecule has 124 valence electrons. The monoisotopic (exact) mass is 314 g/mol. The van der Waals surface area contributed by atoms with Crippen LogP contribution < -0.4 is 4.90 Å². The molecule has 1 aliphatic heterocycles. The number of nitrogens with zero attached hydrogens (tertiary/aromatic N) is 4. The second-order valence-electron chi connectivity index (χ2n) is 6.24. The largest absolute Gasteiger partial charge is 0.508 e. The maximum atomic E-state index is 9.63. The van der Waals surface area contributed by atoms with E-state index in [0.29, 0.717) is 11.8 Å². The number of hydrogen-bond donors (Lipinski definition) is 1. The van der Waals surface area contributed by atoms with Crippen molar-refractivity contribution in [1.29, 1.82) is 0 Å². The summed E-state index contributed by atoms with van der Waals surface area (Å²) in [6.45, 7) is 9.53. The highest BCUT2D eigenvalue weighted by molar-refractivity contribution is 5.50. The van der Waals surface area contributed by atoms with Gasteiger partial charge >= 0.3 is 0 Å². The number of hydrogen-bond acceptors (Lipinski definition) is 4. The van der Waals surface area contributed by atoms with Crippen molar-refractivity contribution in [3.8, 4) is 5.75 Å². The Morgan fingerprint density at radius 3 is 2.70 bits per heavy atom. The van der Waals surface area contributed by atoms with Gasteiger partial charge in [-0.15, -0.1) is 0 Å². The Morgan fingerprint density at radius 2 is 2.00 bits per heavy atom. The summed E-state index contributed by atoms with van der Waals surface area (Å²) in [5.41, 5.74) is 1.11. The summed E-state index contributed by atoms with van der Waals surface area (Å²) >= 11 is 0. The Labute approximate surface area is 138 Å². The molecule has 0 aliphatic carbocycles. The molecule has 1 N–H and O–H groups in total. The van der Waals surface area contributed by atoms with Gasteiger partial charge in [-0.1, -0.05) is 13.0 Å². The normalized spacial score (nSPS) is 17.4. The SMILES string of the molecule is CCc1nccn1CC(C)N1CCN(c2cccc(O)c2)CC1. The first-order valence-corrected chi connectivity index (χ1v) is 8.45. The van der Waals surface area contributed by atoms with Crippen LogP contribution in [-0.2, 0) is 13.0 Å². The molecule has 5 nitrogen and oxygen atoms in total. The van der Waals surface area contributed by atoms with Crippen LogP contribution in [0.3, 0.4) is 0 Å². The fourth-order valence-electron chi connectivity index (χ4n) is 3.33. The minimum absolute atomic E-state index is 0.338. The molecule has 2 heterocycles. The van der Waals surface area contributed by atoms with E-state index in [2.05, 4.69) is 45.5 Å². The first kappa shape index (κ1) is 15.9. The fraction of sp³-hybridized carbons (Fsp3) is 0.500. The Kier molecular flexibility index (Phi) is 4.86. The average Bonchev–Trinajstić information content (AvgIpc) is 3.02. The number of piperazine rings is 1. The van der Waals surface area contributed by atoms with E-state index in [4.69, 9.17) is 0 Å². The zero-order valence-electron chi connectivity index (χ0n) is 14.0. The van der Waals surface area contributed by atoms with E-state index >= 15 is 0 Å². The molecule has 1 saturated heterocycles. The summed E-state index contributed by atoms with van der Waals surface area (Å²) in [4.78, 5) is 9.29. The number of aromatic nitrogens is 2. The van der Waals surface area contributed by atoms with Gasteiger partial charge in [-0.05, 0) is 19.1 Å². The van der Waals surface area contributed by atoms with Crippen LogP contribution in [0.1, 0.15) is 19.7 Å². The van der Waals surface area contributed by atoms with Crippen LogP contribution in [-0.4, -0.2) is 51.8 Å². The summed E-state index contributed by atoms with van der Waals surface area (Å²) < 4.78 is 2.27. The van der Waals surface area contributed by atoms with Gasteiger partial charge in [-0.2, -0.15) is 0 Å². The second kappa shape index (κ2) is 7.04. The zero-order valence-corrected chi connectivity index (χ0v) is 14.0. The molecular formula is C18H26N4O. The first-order chi connectivity index (χ1) is 11.2. The lowest BCUT2D eigenvalue weighted by atomic mass is 10.2. The van der Waals surface area contributed by atoms with Crippen LogP contribution >= 0.6 is 0 Å². The third-order valence-corrected chi connectivity index (χ3v) is 4.71. The highest BCUT2D eigenvalue weighted by Gasteiger charge is 2.22. The van der Waals surface area contributed by atoms with Crippen molar-refractivity contribution in [2.24, 2.45) is 0 Å². The Hall–Kier alpha value is -2.01. The molecule has 0 amide bonds. The minimum Gasteiger partial charge on any atom is -0.508 e. The van der Waals surface area contributed by atoms with Gasteiger partial charge in [0.1, 0.15) is 11.6 Å². The Bertz CT molecular complexity index is 631. The van der Waals surface area contributed by atoms with Gasteiger partial charge in [0.15, 0.2) is 0 Å². The molecule has 1 aliphatic rings. The molecule has 23 heavy (non-hydrogen) atoms. The third-order valence-electron chi connectivity index (χ3n) is 4.71. The van der Waals surface area contributed by atoms with Crippen molar-refractivity contribution in [3.63, 3.8) is 0 Å². The quantitative estimate of drug-likeness (QED) is 0.920. The Balaban J connectivity index is 1.56. The Morgan fingerprint density at radius 1 is 1.22 bits per heavy atom. The van der Waals surface area contributed by atoms with Crippen molar-refractivity contribution < 1.29 is 5.11 Å². The molecule has 0 saturated carbocycles. The van der Waals surface area contributed by atoms with Crippen LogP contribution in [0.5, 0.6) is 5.75 Å². The molecule has 2 aromatic rings. The standard InChI is InChI=1S/C18H26N4O/c1-3-18-19-7-8-22(18)14-15(2)20-9-11-21(12-10-20)16-5-4-6-17(23)13-16/h4-8,13,15,23H,3,9-12,14H2,1-2H3. The van der Waals surface area contributed by atoms with E-state index in [0.717, 1.165) is 50.7 Å². The molecule has 5 heteroatoms. The highest BCUT2D eigenvalue weighted by atomic mass is 16.3. The van der Waals surface area contributed by atoms with Crippen LogP contribution in [0.25, 0.3) is 0 Å². The van der Waals surface area contributed by atoms with E-state index in [1.807, 2.05) is 18.3 Å². The zero-order chi connectivity index (χ0) is 16.2. The van der Waals surface area contributed by atoms with Crippen LogP contribution in [0.4, 0.5) is 5.69 Å². The fourth-order valence-corrected chi connectivity index (χ4v) is 3.33. The maximum Gasteiger partial charge on any atom is 0.117 e. The second-order valence-corrected chi connectivity index (χ2v) is 6.24. The van der Waals surface area contributed by atoms with Crippen molar-refractivity contribution in [2.75, 3.05) is 31.1 Å². The van der Waals surface area contributed by atoms with Crippen LogP contribution in [0.15, 0.2) is 36.7 Å². The summed E-state index contributed by atoms with van der Waals surface area (Å²) in [6, 6.07) is 8.04. The lowest BCUT2D eigenvalue weighted by molar-refractivity contribution is 0.180. The lowest BCUT2D eigenvalue weighted by Gasteiger charge is -2.39. The molecule has 1 unspecified atom stereocenters. The van der Waals surface area contributed by atoms with E-state index in [-0.39, 0.29) is 0 Å². The van der Waals surface area contributed by atoms with Crippen LogP contribution in [0.2, 0.25) is 0 Å². The van der Waals surface area contributed by atoms with Crippen molar-refractivity contribution >= 4 is 5.69 Å². The van der Waals surface area contributed by atoms with Gasteiger partial charge in [0.25, 0.3) is 0 Å². The predicted octanol–water partition coefficient (Wildman–Crippen LogP) is 2.36. The number of phenols is 1. The van der Waals surface area contributed by atoms with Gasteiger partial charge < -0.3 is 14.6 Å². The van der Waals surface area contributed by atoms with Gasteiger partial charge in [-0.3, -0.25) is 4.90 Å². The lowest BCUT2D eigenvalue weighted by Crippen LogP contribution is -2.50. The average molecular weight is 314 g/mol. The highest BCUT2D eigenvalue weighted by Crippen LogP contribution is 2.22. The van der Waals surface area contributed by atoms with Gasteiger partial charge in [0.2, 0.25) is 0 Å². The molecular weight excluding hydrogens is 288 g/mol. The predicted molar refractivity (Wildman–Crippen MR) is 93.0 cm³/mol. The molecule has 1 aromatic heterocycles. The summed E-state index contributed by atoms with van der Waals surface area (Å²) in [6.07, 6.45) is 4.95. The number of aromatic hydroxyl groups is 1. The number of aryl methyl sites for hydroxylation is 1. The molecule has 1 aromatic carbocycles. The summed E-state index contributed by atoms with van der Waals surface area (Å²) in [5.74, 6) is 1.50. The molecule has 1 atom stereocenters. The van der Waals surface area contributed by atoms with Gasteiger partial charge in [0.05, 0.1) is 0 Å². The smallest absolute Gasteiger partial charge is 0.117 e. The van der Waals surface area contributed by atoms with E-state index in [1.54, 1.807) is 6.07 Å². The van der Waals surface area contributed by atoms with Gasteiger partial charge in [0, 0.05) is 69.3 Å². The number of imidazole rings is 1. The van der Waals surface area contributed by atoms with Crippen LogP contribution in [0, 0.1) is 0 Å². The number of benzene rings is 1. The molecule has 0 spiro atoms.